The van der Waals surface area contributed by atoms with Gasteiger partial charge < -0.3 is 4.90 Å². The molecule has 27 heavy (non-hydrogen) atoms. The smallest absolute Gasteiger partial charge is 0.179 e. The fourth-order valence-electron chi connectivity index (χ4n) is 4.40. The van der Waals surface area contributed by atoms with Gasteiger partial charge in [0.05, 0.1) is 5.69 Å². The minimum atomic E-state index is 0.385. The molecule has 1 saturated carbocycles. The molecule has 2 atom stereocenters. The molecule has 0 spiro atoms. The van der Waals surface area contributed by atoms with E-state index in [1.807, 2.05) is 11.0 Å². The number of H-pyrrole nitrogens is 1. The van der Waals surface area contributed by atoms with Crippen LogP contribution in [-0.4, -0.2) is 28.2 Å². The normalized spacial score (nSPS) is 22.0. The van der Waals surface area contributed by atoms with Crippen LogP contribution in [0.15, 0.2) is 60.7 Å². The summed E-state index contributed by atoms with van der Waals surface area (Å²) in [4.78, 5) is 1.91. The fraction of sp³-hybridized carbons (Fsp3) is 0.304. The average molecular weight is 354 g/mol. The molecular formula is C23H22N4. The van der Waals surface area contributed by atoms with E-state index in [-0.39, 0.29) is 0 Å². The summed E-state index contributed by atoms with van der Waals surface area (Å²) >= 11 is 0. The first kappa shape index (κ1) is 16.1. The zero-order chi connectivity index (χ0) is 18.2. The molecule has 2 fully saturated rings. The van der Waals surface area contributed by atoms with Gasteiger partial charge in [0, 0.05) is 30.3 Å². The van der Waals surface area contributed by atoms with Crippen LogP contribution in [0.5, 0.6) is 0 Å². The number of benzene rings is 2. The molecule has 0 amide bonds. The first-order chi connectivity index (χ1) is 13.3. The van der Waals surface area contributed by atoms with Gasteiger partial charge in [0.15, 0.2) is 6.19 Å². The van der Waals surface area contributed by atoms with Crippen molar-refractivity contribution < 1.29 is 0 Å². The molecule has 1 aromatic heterocycles. The largest absolute Gasteiger partial charge is 0.310 e. The molecule has 2 aliphatic rings. The molecule has 1 saturated heterocycles. The van der Waals surface area contributed by atoms with Gasteiger partial charge in [0.25, 0.3) is 0 Å². The van der Waals surface area contributed by atoms with Crippen molar-refractivity contribution in [3.05, 3.63) is 66.4 Å². The number of aromatic nitrogens is 2. The maximum atomic E-state index is 9.32. The molecule has 4 nitrogen and oxygen atoms in total. The van der Waals surface area contributed by atoms with Gasteiger partial charge in [-0.25, -0.2) is 0 Å². The van der Waals surface area contributed by atoms with Crippen molar-refractivity contribution in [1.82, 2.24) is 15.1 Å². The average Bonchev–Trinajstić information content (AvgIpc) is 3.29. The number of likely N-dealkylation sites (tertiary alicyclic amines) is 1. The lowest BCUT2D eigenvalue weighted by Gasteiger charge is -2.15. The summed E-state index contributed by atoms with van der Waals surface area (Å²) in [6.07, 6.45) is 4.95. The number of rotatable bonds is 4. The topological polar surface area (TPSA) is 55.7 Å². The summed E-state index contributed by atoms with van der Waals surface area (Å²) in [5.41, 5.74) is 5.68. The van der Waals surface area contributed by atoms with Crippen molar-refractivity contribution in [2.45, 2.75) is 18.8 Å². The van der Waals surface area contributed by atoms with Crippen LogP contribution in [0.4, 0.5) is 0 Å². The third-order valence-electron chi connectivity index (χ3n) is 6.00. The first-order valence-corrected chi connectivity index (χ1v) is 9.67. The van der Waals surface area contributed by atoms with Crippen LogP contribution < -0.4 is 0 Å². The Kier molecular flexibility index (Phi) is 3.94. The minimum Gasteiger partial charge on any atom is -0.310 e. The van der Waals surface area contributed by atoms with Crippen molar-refractivity contribution in [3.63, 3.8) is 0 Å². The van der Waals surface area contributed by atoms with Gasteiger partial charge in [0.2, 0.25) is 0 Å². The molecule has 2 heterocycles. The van der Waals surface area contributed by atoms with Gasteiger partial charge in [-0.15, -0.1) is 0 Å². The third kappa shape index (κ3) is 3.10. The van der Waals surface area contributed by atoms with Gasteiger partial charge in [-0.2, -0.15) is 10.4 Å². The number of aromatic amines is 1. The summed E-state index contributed by atoms with van der Waals surface area (Å²) in [6, 6.07) is 21.1. The lowest BCUT2D eigenvalue weighted by atomic mass is 9.88. The molecule has 0 unspecified atom stereocenters. The summed E-state index contributed by atoms with van der Waals surface area (Å²) in [5.74, 6) is 1.74. The number of nitriles is 1. The van der Waals surface area contributed by atoms with Crippen molar-refractivity contribution in [2.75, 3.05) is 13.1 Å². The molecule has 3 aromatic rings. The van der Waals surface area contributed by atoms with E-state index in [1.165, 1.54) is 29.7 Å². The van der Waals surface area contributed by atoms with E-state index in [2.05, 4.69) is 71.0 Å². The second-order valence-corrected chi connectivity index (χ2v) is 7.77. The second kappa shape index (κ2) is 6.59. The molecule has 5 rings (SSSR count). The zero-order valence-corrected chi connectivity index (χ0v) is 15.2. The third-order valence-corrected chi connectivity index (χ3v) is 6.00. The van der Waals surface area contributed by atoms with E-state index < -0.39 is 0 Å². The Morgan fingerprint density at radius 1 is 0.926 bits per heavy atom. The van der Waals surface area contributed by atoms with Crippen LogP contribution in [0, 0.1) is 23.3 Å². The highest BCUT2D eigenvalue weighted by atomic mass is 15.2. The predicted molar refractivity (Wildman–Crippen MR) is 106 cm³/mol. The monoisotopic (exact) mass is 354 g/mol. The van der Waals surface area contributed by atoms with Crippen LogP contribution in [0.25, 0.3) is 22.4 Å². The molecule has 134 valence electrons. The molecule has 1 N–H and O–H groups in total. The molecule has 0 radical (unpaired) electrons. The Morgan fingerprint density at radius 2 is 1.70 bits per heavy atom. The van der Waals surface area contributed by atoms with Gasteiger partial charge in [-0.05, 0) is 47.9 Å². The summed E-state index contributed by atoms with van der Waals surface area (Å²) in [6.45, 7) is 1.70. The first-order valence-electron chi connectivity index (χ1n) is 9.67. The van der Waals surface area contributed by atoms with Crippen molar-refractivity contribution in [2.24, 2.45) is 11.8 Å². The Morgan fingerprint density at radius 3 is 2.48 bits per heavy atom. The number of nitrogens with zero attached hydrogens (tertiary/aromatic N) is 3. The minimum absolute atomic E-state index is 0.385. The SMILES string of the molecule is N#CN1C[C@H](c2cc(-c3cccc(-c4ccccc4)c3)n[nH]2)[C@@H](C2CC2)C1. The molecule has 4 heteroatoms. The molecule has 0 bridgehead atoms. The highest BCUT2D eigenvalue weighted by Gasteiger charge is 2.43. The maximum absolute atomic E-state index is 9.32. The van der Waals surface area contributed by atoms with Crippen LogP contribution >= 0.6 is 0 Å². The molecule has 1 aliphatic heterocycles. The Labute approximate surface area is 159 Å². The standard InChI is InChI=1S/C23H22N4/c24-15-27-13-20(17-9-10-17)21(14-27)23-12-22(25-26-23)19-8-4-7-18(11-19)16-5-2-1-3-6-16/h1-8,11-12,17,20-21H,9-10,13-14H2,(H,25,26)/t20-,21+/m1/s1. The van der Waals surface area contributed by atoms with Crippen molar-refractivity contribution >= 4 is 0 Å². The van der Waals surface area contributed by atoms with Gasteiger partial charge in [-0.1, -0.05) is 48.5 Å². The van der Waals surface area contributed by atoms with Gasteiger partial charge in [-0.3, -0.25) is 5.10 Å². The zero-order valence-electron chi connectivity index (χ0n) is 15.2. The van der Waals surface area contributed by atoms with Crippen molar-refractivity contribution in [1.29, 1.82) is 5.26 Å². The van der Waals surface area contributed by atoms with Crippen LogP contribution in [0.1, 0.15) is 24.5 Å². The predicted octanol–water partition coefficient (Wildman–Crippen LogP) is 4.65. The van der Waals surface area contributed by atoms with E-state index in [0.29, 0.717) is 11.8 Å². The Hall–Kier alpha value is -3.06. The Bertz CT molecular complexity index is 981. The second-order valence-electron chi connectivity index (χ2n) is 7.77. The summed E-state index contributed by atoms with van der Waals surface area (Å²) < 4.78 is 0. The van der Waals surface area contributed by atoms with Gasteiger partial charge in [0.1, 0.15) is 0 Å². The molecule has 1 aliphatic carbocycles. The van der Waals surface area contributed by atoms with E-state index in [4.69, 9.17) is 0 Å². The van der Waals surface area contributed by atoms with Crippen molar-refractivity contribution in [3.8, 4) is 28.6 Å². The summed E-state index contributed by atoms with van der Waals surface area (Å²) in [7, 11) is 0. The molecule has 2 aromatic carbocycles. The van der Waals surface area contributed by atoms with Crippen LogP contribution in [0.2, 0.25) is 0 Å². The number of hydrogen-bond acceptors (Lipinski definition) is 3. The lowest BCUT2D eigenvalue weighted by molar-refractivity contribution is 0.420. The maximum Gasteiger partial charge on any atom is 0.179 e. The lowest BCUT2D eigenvalue weighted by Crippen LogP contribution is -2.14. The van der Waals surface area contributed by atoms with E-state index in [9.17, 15) is 5.26 Å². The van der Waals surface area contributed by atoms with E-state index >= 15 is 0 Å². The number of hydrogen-bond donors (Lipinski definition) is 1. The molecular weight excluding hydrogens is 332 g/mol. The van der Waals surface area contributed by atoms with E-state index in [0.717, 1.165) is 30.3 Å². The summed E-state index contributed by atoms with van der Waals surface area (Å²) in [5, 5.41) is 17.2. The van der Waals surface area contributed by atoms with Crippen LogP contribution in [-0.2, 0) is 0 Å². The quantitative estimate of drug-likeness (QED) is 0.694. The highest BCUT2D eigenvalue weighted by Crippen LogP contribution is 2.47. The fourth-order valence-corrected chi connectivity index (χ4v) is 4.40. The van der Waals surface area contributed by atoms with Gasteiger partial charge >= 0.3 is 0 Å². The van der Waals surface area contributed by atoms with Crippen LogP contribution in [0.3, 0.4) is 0 Å². The van der Waals surface area contributed by atoms with E-state index in [1.54, 1.807) is 0 Å². The Balaban J connectivity index is 1.43. The number of nitrogens with one attached hydrogen (secondary N) is 1. The highest BCUT2D eigenvalue weighted by molar-refractivity contribution is 5.71.